The van der Waals surface area contributed by atoms with Crippen LogP contribution in [0.3, 0.4) is 0 Å². The lowest BCUT2D eigenvalue weighted by molar-refractivity contribution is 0.00961. The van der Waals surface area contributed by atoms with Crippen molar-refractivity contribution >= 4 is 10.8 Å². The van der Waals surface area contributed by atoms with Gasteiger partial charge in [-0.15, -0.1) is 0 Å². The number of aromatic nitrogens is 3. The van der Waals surface area contributed by atoms with Crippen molar-refractivity contribution in [3.63, 3.8) is 0 Å². The van der Waals surface area contributed by atoms with Crippen LogP contribution in [0.1, 0.15) is 28.8 Å². The van der Waals surface area contributed by atoms with Crippen LogP contribution < -0.4 is 0 Å². The van der Waals surface area contributed by atoms with E-state index < -0.39 is 10.8 Å². The average Bonchev–Trinajstić information content (AvgIpc) is 3.39. The van der Waals surface area contributed by atoms with Gasteiger partial charge in [0.25, 0.3) is 0 Å². The van der Waals surface area contributed by atoms with E-state index in [1.807, 2.05) is 36.4 Å². The van der Waals surface area contributed by atoms with Gasteiger partial charge in [0.1, 0.15) is 5.82 Å². The zero-order chi connectivity index (χ0) is 24.9. The SMILES string of the molecule is CS(=O)c1ccc(C(Cc2[nH]cnc2-c2ccncc2)C(c2ccc(F)cc2)N2CCOCC2)cc1. The standard InChI is InChI=1S/C28H29FN4O2S/c1-36(34)24-8-4-20(5-9-24)25(18-26-27(32-19-31-26)21-10-12-30-13-11-21)28(33-14-16-35-17-15-33)22-2-6-23(29)7-3-22/h2-13,19,25,28H,14-18H2,1H3,(H,31,32). The fourth-order valence-corrected chi connectivity index (χ4v) is 5.51. The maximum Gasteiger partial charge on any atom is 0.123 e. The summed E-state index contributed by atoms with van der Waals surface area (Å²) in [6.45, 7) is 2.89. The molecule has 3 unspecified atom stereocenters. The Labute approximate surface area is 213 Å². The van der Waals surface area contributed by atoms with Gasteiger partial charge in [0, 0.05) is 70.7 Å². The van der Waals surface area contributed by atoms with Crippen molar-refractivity contribution in [3.05, 3.63) is 102 Å². The predicted octanol–water partition coefficient (Wildman–Crippen LogP) is 4.75. The van der Waals surface area contributed by atoms with Gasteiger partial charge in [-0.3, -0.25) is 14.1 Å². The summed E-state index contributed by atoms with van der Waals surface area (Å²) in [5.41, 5.74) is 5.10. The monoisotopic (exact) mass is 504 g/mol. The Bertz CT molecular complexity index is 1290. The summed E-state index contributed by atoms with van der Waals surface area (Å²) in [5.74, 6) is -0.228. The molecule has 4 aromatic rings. The van der Waals surface area contributed by atoms with E-state index >= 15 is 0 Å². The quantitative estimate of drug-likeness (QED) is 0.375. The van der Waals surface area contributed by atoms with Crippen LogP contribution in [0.4, 0.5) is 4.39 Å². The lowest BCUT2D eigenvalue weighted by Crippen LogP contribution is -2.41. The highest BCUT2D eigenvalue weighted by Crippen LogP contribution is 2.40. The number of hydrogen-bond acceptors (Lipinski definition) is 5. The van der Waals surface area contributed by atoms with Crippen LogP contribution in [0.15, 0.2) is 84.3 Å². The van der Waals surface area contributed by atoms with Crippen molar-refractivity contribution in [1.29, 1.82) is 0 Å². The molecular weight excluding hydrogens is 475 g/mol. The van der Waals surface area contributed by atoms with Gasteiger partial charge in [0.2, 0.25) is 0 Å². The van der Waals surface area contributed by atoms with Crippen LogP contribution in [0.25, 0.3) is 11.3 Å². The molecule has 0 radical (unpaired) electrons. The third kappa shape index (κ3) is 5.46. The fraction of sp³-hybridized carbons (Fsp3) is 0.286. The van der Waals surface area contributed by atoms with E-state index in [4.69, 9.17) is 4.74 Å². The Hall–Kier alpha value is -3.20. The molecule has 36 heavy (non-hydrogen) atoms. The van der Waals surface area contributed by atoms with Crippen LogP contribution in [-0.4, -0.2) is 56.6 Å². The fourth-order valence-electron chi connectivity index (χ4n) is 4.99. The average molecular weight is 505 g/mol. The summed E-state index contributed by atoms with van der Waals surface area (Å²) in [6.07, 6.45) is 7.64. The molecule has 1 saturated heterocycles. The van der Waals surface area contributed by atoms with Crippen LogP contribution in [0.2, 0.25) is 0 Å². The molecule has 6 nitrogen and oxygen atoms in total. The van der Waals surface area contributed by atoms with Crippen LogP contribution in [0, 0.1) is 5.82 Å². The van der Waals surface area contributed by atoms with Crippen LogP contribution >= 0.6 is 0 Å². The number of benzene rings is 2. The Kier molecular flexibility index (Phi) is 7.65. The number of ether oxygens (including phenoxy) is 1. The second kappa shape index (κ2) is 11.2. The summed E-state index contributed by atoms with van der Waals surface area (Å²) in [4.78, 5) is 15.3. The van der Waals surface area contributed by atoms with E-state index in [-0.39, 0.29) is 17.8 Å². The Morgan fingerprint density at radius 3 is 2.33 bits per heavy atom. The first-order chi connectivity index (χ1) is 17.6. The number of nitrogens with zero attached hydrogens (tertiary/aromatic N) is 3. The minimum atomic E-state index is -1.05. The highest BCUT2D eigenvalue weighted by atomic mass is 32.2. The third-order valence-electron chi connectivity index (χ3n) is 6.77. The largest absolute Gasteiger partial charge is 0.379 e. The van der Waals surface area contributed by atoms with Crippen molar-refractivity contribution in [2.45, 2.75) is 23.3 Å². The number of aromatic amines is 1. The van der Waals surface area contributed by atoms with Gasteiger partial charge >= 0.3 is 0 Å². The minimum Gasteiger partial charge on any atom is -0.379 e. The van der Waals surface area contributed by atoms with Gasteiger partial charge in [-0.2, -0.15) is 0 Å². The lowest BCUT2D eigenvalue weighted by Gasteiger charge is -2.40. The molecule has 0 saturated carbocycles. The predicted molar refractivity (Wildman–Crippen MR) is 139 cm³/mol. The zero-order valence-corrected chi connectivity index (χ0v) is 21.0. The molecule has 0 aliphatic carbocycles. The maximum absolute atomic E-state index is 13.9. The van der Waals surface area contributed by atoms with E-state index in [1.54, 1.807) is 25.0 Å². The topological polar surface area (TPSA) is 71.1 Å². The van der Waals surface area contributed by atoms with Gasteiger partial charge in [-0.1, -0.05) is 24.3 Å². The Balaban J connectivity index is 1.60. The number of morpholine rings is 1. The van der Waals surface area contributed by atoms with E-state index in [2.05, 4.69) is 32.0 Å². The number of imidazole rings is 1. The van der Waals surface area contributed by atoms with E-state index in [0.29, 0.717) is 19.6 Å². The first kappa shape index (κ1) is 24.5. The molecule has 0 bridgehead atoms. The molecule has 1 aliphatic rings. The van der Waals surface area contributed by atoms with Crippen molar-refractivity contribution in [3.8, 4) is 11.3 Å². The molecular formula is C28H29FN4O2S. The van der Waals surface area contributed by atoms with Crippen molar-refractivity contribution in [1.82, 2.24) is 19.9 Å². The molecule has 0 spiro atoms. The highest BCUT2D eigenvalue weighted by Gasteiger charge is 2.33. The van der Waals surface area contributed by atoms with Crippen molar-refractivity contribution in [2.24, 2.45) is 0 Å². The maximum atomic E-state index is 13.9. The molecule has 3 atom stereocenters. The molecule has 5 rings (SSSR count). The van der Waals surface area contributed by atoms with Gasteiger partial charge in [0.15, 0.2) is 0 Å². The molecule has 0 amide bonds. The summed E-state index contributed by atoms with van der Waals surface area (Å²) in [7, 11) is -1.05. The first-order valence-corrected chi connectivity index (χ1v) is 13.6. The van der Waals surface area contributed by atoms with Crippen LogP contribution in [-0.2, 0) is 22.0 Å². The summed E-state index contributed by atoms with van der Waals surface area (Å²) in [5, 5.41) is 0. The van der Waals surface area contributed by atoms with E-state index in [1.165, 1.54) is 12.1 Å². The summed E-state index contributed by atoms with van der Waals surface area (Å²) < 4.78 is 31.6. The highest BCUT2D eigenvalue weighted by molar-refractivity contribution is 7.84. The summed E-state index contributed by atoms with van der Waals surface area (Å²) >= 11 is 0. The van der Waals surface area contributed by atoms with Crippen molar-refractivity contribution in [2.75, 3.05) is 32.6 Å². The van der Waals surface area contributed by atoms with Gasteiger partial charge in [-0.25, -0.2) is 9.37 Å². The van der Waals surface area contributed by atoms with E-state index in [0.717, 1.165) is 46.1 Å². The number of pyridine rings is 1. The van der Waals surface area contributed by atoms with Crippen molar-refractivity contribution < 1.29 is 13.3 Å². The van der Waals surface area contributed by atoms with Gasteiger partial charge in [-0.05, 0) is 53.9 Å². The second-order valence-corrected chi connectivity index (χ2v) is 10.3. The zero-order valence-electron chi connectivity index (χ0n) is 20.1. The smallest absolute Gasteiger partial charge is 0.123 e. The Morgan fingerprint density at radius 2 is 1.67 bits per heavy atom. The molecule has 2 aromatic carbocycles. The first-order valence-electron chi connectivity index (χ1n) is 12.0. The number of rotatable bonds is 8. The molecule has 1 aliphatic heterocycles. The van der Waals surface area contributed by atoms with Gasteiger partial charge < -0.3 is 9.72 Å². The summed E-state index contributed by atoms with van der Waals surface area (Å²) in [6, 6.07) is 18.8. The number of H-pyrrole nitrogens is 1. The normalized spacial score (nSPS) is 16.9. The molecule has 1 fully saturated rings. The van der Waals surface area contributed by atoms with Crippen LogP contribution in [0.5, 0.6) is 0 Å². The van der Waals surface area contributed by atoms with E-state index in [9.17, 15) is 8.60 Å². The number of hydrogen-bond donors (Lipinski definition) is 1. The minimum absolute atomic E-state index is 0.0129. The molecule has 3 heterocycles. The third-order valence-corrected chi connectivity index (χ3v) is 7.70. The lowest BCUT2D eigenvalue weighted by atomic mass is 9.82. The molecule has 2 aromatic heterocycles. The molecule has 186 valence electrons. The molecule has 1 N–H and O–H groups in total. The molecule has 8 heteroatoms. The Morgan fingerprint density at radius 1 is 1.00 bits per heavy atom. The second-order valence-electron chi connectivity index (χ2n) is 8.94. The number of halogens is 1. The number of nitrogens with one attached hydrogen (secondary N) is 1. The van der Waals surface area contributed by atoms with Gasteiger partial charge in [0.05, 0.1) is 25.2 Å².